The Balaban J connectivity index is 0.000000115. The number of piperidine rings is 4. The molecule has 8 aliphatic rings. The summed E-state index contributed by atoms with van der Waals surface area (Å²) in [7, 11) is 0. The molecule has 4 aliphatic heterocycles. The Kier molecular flexibility index (Phi) is 22.8. The van der Waals surface area contributed by atoms with Gasteiger partial charge in [0, 0.05) is 105 Å². The predicted molar refractivity (Wildman–Crippen MR) is 430 cm³/mol. The molecule has 13 heterocycles. The first kappa shape index (κ1) is 80.0. The molecule has 8 fully saturated rings. The van der Waals surface area contributed by atoms with Gasteiger partial charge >= 0.3 is 0 Å². The molecule has 12 unspecified atom stereocenters. The molecule has 26 nitrogen and oxygen atoms in total. The number of pyridine rings is 5. The van der Waals surface area contributed by atoms with Crippen LogP contribution in [-0.4, -0.2) is 188 Å². The lowest BCUT2D eigenvalue weighted by Gasteiger charge is -2.33. The second-order valence-electron chi connectivity index (χ2n) is 31.9. The standard InChI is InChI=1S/C23H20F2N4O2.2C23H21FN4O2.C21H21FN6O2/c1-13-8-17(25)22(28-11-13)31-19-10-14-9-18(19)29(12-14)23(30)15-4-2-5-16(24)20(15)21-26-6-3-7-27-21;1-14-6-7-20(27-12-14)30-19-11-15-10-18(19)28(13-15)23(29)16-4-2-5-17(24)21(16)22-25-8-3-9-26-22;1-14-9-18(24)22(27-12-14)30-20-11-15-10-19(20)28(13-15)23(29)17-6-3-2-5-16(17)21-25-7-4-8-26-21;1-12-7-15(22)20(23-10-12)30-18-9-14-8-17(18)27(11-14)21(29)19-16(4-3-13(2)26-19)28-24-5-6-25-28/h2-8,11,14,18-19H,9-10,12H2,1H3;2-9,12,15,18-19H,10-11,13H2,1H3;2-9,12,15,19-20H,10-11,13H2,1H3;3-7,10,14,17-18H,8-9,11H2,1-2H3. The zero-order chi connectivity index (χ0) is 83.7. The highest BCUT2D eigenvalue weighted by molar-refractivity contribution is 6.02. The number of hydrogen-bond acceptors (Lipinski definition) is 21. The minimum absolute atomic E-state index is 0.00337. The Morgan fingerprint density at radius 1 is 0.347 bits per heavy atom. The molecule has 121 heavy (non-hydrogen) atoms. The zero-order valence-electron chi connectivity index (χ0n) is 66.6. The van der Waals surface area contributed by atoms with E-state index in [1.54, 1.807) is 141 Å². The number of aromatic nitrogens is 14. The van der Waals surface area contributed by atoms with Crippen LogP contribution in [0.2, 0.25) is 0 Å². The van der Waals surface area contributed by atoms with Crippen molar-refractivity contribution in [1.82, 2.24) is 89.4 Å². The van der Waals surface area contributed by atoms with Crippen LogP contribution >= 0.6 is 0 Å². The number of amides is 4. The van der Waals surface area contributed by atoms with Gasteiger partial charge in [0.05, 0.1) is 64.4 Å². The molecule has 8 bridgehead atoms. The van der Waals surface area contributed by atoms with Crippen molar-refractivity contribution >= 4 is 23.6 Å². The summed E-state index contributed by atoms with van der Waals surface area (Å²) in [6, 6.07) is 32.4. The van der Waals surface area contributed by atoms with E-state index in [9.17, 15) is 41.1 Å². The van der Waals surface area contributed by atoms with Gasteiger partial charge in [-0.1, -0.05) is 36.4 Å². The Bertz CT molecular complexity index is 5820. The Morgan fingerprint density at radius 2 is 0.727 bits per heavy atom. The van der Waals surface area contributed by atoms with Gasteiger partial charge < -0.3 is 38.5 Å². The third kappa shape index (κ3) is 16.9. The maximum Gasteiger partial charge on any atom is 0.275 e. The number of nitrogens with zero attached hydrogens (tertiary/aromatic N) is 18. The van der Waals surface area contributed by atoms with Crippen molar-refractivity contribution in [3.63, 3.8) is 0 Å². The average Bonchev–Trinajstić information content (AvgIpc) is 1.64. The van der Waals surface area contributed by atoms with Gasteiger partial charge in [-0.05, 0) is 211 Å². The number of halogens is 5. The molecule has 31 heteroatoms. The van der Waals surface area contributed by atoms with Gasteiger partial charge in [0.2, 0.25) is 5.88 Å². The molecule has 0 N–H and O–H groups in total. The van der Waals surface area contributed by atoms with E-state index in [-0.39, 0.29) is 130 Å². The van der Waals surface area contributed by atoms with Gasteiger partial charge in [-0.15, -0.1) is 4.80 Å². The van der Waals surface area contributed by atoms with Crippen molar-refractivity contribution in [3.8, 4) is 63.4 Å². The number of carbonyl (C=O) groups is 4. The van der Waals surface area contributed by atoms with Crippen molar-refractivity contribution in [1.29, 1.82) is 0 Å². The number of benzene rings is 3. The highest BCUT2D eigenvalue weighted by Crippen LogP contribution is 2.46. The highest BCUT2D eigenvalue weighted by Gasteiger charge is 2.53. The van der Waals surface area contributed by atoms with Crippen LogP contribution < -0.4 is 18.9 Å². The van der Waals surface area contributed by atoms with E-state index in [0.717, 1.165) is 73.8 Å². The lowest BCUT2D eigenvalue weighted by atomic mass is 10.0. The molecular formula is C90H83F5N18O8. The van der Waals surface area contributed by atoms with Gasteiger partial charge in [0.25, 0.3) is 41.3 Å². The first-order valence-electron chi connectivity index (χ1n) is 40.2. The molecule has 20 rings (SSSR count). The summed E-state index contributed by atoms with van der Waals surface area (Å²) in [5.74, 6) is -0.652. The Morgan fingerprint density at radius 3 is 1.13 bits per heavy atom. The van der Waals surface area contributed by atoms with Gasteiger partial charge in [-0.3, -0.25) is 19.2 Å². The maximum absolute atomic E-state index is 14.7. The van der Waals surface area contributed by atoms with Crippen molar-refractivity contribution in [2.75, 3.05) is 26.2 Å². The molecule has 0 spiro atoms. The molecule has 616 valence electrons. The summed E-state index contributed by atoms with van der Waals surface area (Å²) in [5, 5.41) is 8.28. The van der Waals surface area contributed by atoms with Gasteiger partial charge in [0.1, 0.15) is 41.7 Å². The fourth-order valence-electron chi connectivity index (χ4n) is 18.1. The van der Waals surface area contributed by atoms with Crippen molar-refractivity contribution < 1.29 is 60.1 Å². The predicted octanol–water partition coefficient (Wildman–Crippen LogP) is 13.6. The lowest BCUT2D eigenvalue weighted by Crippen LogP contribution is -2.47. The van der Waals surface area contributed by atoms with Gasteiger partial charge in [-0.2, -0.15) is 10.2 Å². The molecular weight excluding hydrogens is 1560 g/mol. The van der Waals surface area contributed by atoms with E-state index in [1.807, 2.05) is 60.0 Å². The third-order valence-electron chi connectivity index (χ3n) is 23.4. The highest BCUT2D eigenvalue weighted by atomic mass is 19.1. The average molecular weight is 1640 g/mol. The zero-order valence-corrected chi connectivity index (χ0v) is 66.6. The topological polar surface area (TPSA) is 291 Å². The quantitative estimate of drug-likeness (QED) is 0.0812. The molecule has 12 aromatic rings. The van der Waals surface area contributed by atoms with Crippen LogP contribution in [0.25, 0.3) is 39.9 Å². The normalized spacial score (nSPS) is 22.3. The van der Waals surface area contributed by atoms with E-state index in [1.165, 1.54) is 53.6 Å². The fraction of sp³-hybridized carbons (Fsp3) is 0.322. The minimum Gasteiger partial charge on any atom is -0.472 e. The fourth-order valence-corrected chi connectivity index (χ4v) is 18.1. The van der Waals surface area contributed by atoms with E-state index < -0.39 is 29.1 Å². The summed E-state index contributed by atoms with van der Waals surface area (Å²) < 4.78 is 95.9. The summed E-state index contributed by atoms with van der Waals surface area (Å²) in [6.07, 6.45) is 24.5. The summed E-state index contributed by atoms with van der Waals surface area (Å²) in [6.45, 7) is 11.6. The van der Waals surface area contributed by atoms with E-state index >= 15 is 0 Å². The first-order chi connectivity index (χ1) is 58.7. The SMILES string of the molecule is Cc1ccc(OC2CC3CC2N(C(=O)c2cccc(F)c2-c2ncccn2)C3)nc1.Cc1cnc(OC2CC3CC2N(C(=O)c2cccc(F)c2-c2ncccn2)C3)c(F)c1.Cc1cnc(OC2CC3CC2N(C(=O)c2ccccc2-c2ncccn2)C3)c(F)c1.Cc1cnc(OC2CC3CC2N(C(=O)c2nc(C)ccc2-n2nccn2)C3)c(F)c1. The first-order valence-corrected chi connectivity index (χ1v) is 40.2. The number of fused-ring (bicyclic) bond motifs is 8. The van der Waals surface area contributed by atoms with Crippen molar-refractivity contribution in [2.24, 2.45) is 23.7 Å². The largest absolute Gasteiger partial charge is 0.472 e. The second-order valence-corrected chi connectivity index (χ2v) is 31.9. The molecule has 4 amide bonds. The molecule has 0 radical (unpaired) electrons. The summed E-state index contributed by atoms with van der Waals surface area (Å²) in [4.78, 5) is 109. The molecule has 4 saturated carbocycles. The van der Waals surface area contributed by atoms with Gasteiger partial charge in [0.15, 0.2) is 40.6 Å². The van der Waals surface area contributed by atoms with E-state index in [4.69, 9.17) is 18.9 Å². The minimum atomic E-state index is -0.555. The molecule has 3 aromatic carbocycles. The van der Waals surface area contributed by atoms with Crippen LogP contribution in [0.1, 0.15) is 121 Å². The molecule has 4 aliphatic carbocycles. The monoisotopic (exact) mass is 1640 g/mol. The number of ether oxygens (including phenoxy) is 4. The Labute approximate surface area is 692 Å². The molecule has 9 aromatic heterocycles. The number of likely N-dealkylation sites (tertiary alicyclic amines) is 4. The van der Waals surface area contributed by atoms with Crippen LogP contribution in [0.15, 0.2) is 196 Å². The number of rotatable bonds is 16. The van der Waals surface area contributed by atoms with Crippen molar-refractivity contribution in [3.05, 3.63) is 275 Å². The van der Waals surface area contributed by atoms with Crippen LogP contribution in [0.5, 0.6) is 23.5 Å². The number of hydrogen-bond donors (Lipinski definition) is 0. The summed E-state index contributed by atoms with van der Waals surface area (Å²) in [5.41, 5.74) is 6.78. The second kappa shape index (κ2) is 34.5. The van der Waals surface area contributed by atoms with E-state index in [0.29, 0.717) is 83.7 Å². The van der Waals surface area contributed by atoms with Crippen molar-refractivity contribution in [2.45, 2.75) is 135 Å². The van der Waals surface area contributed by atoms with Crippen LogP contribution in [-0.2, 0) is 0 Å². The number of aryl methyl sites for hydroxylation is 5. The lowest BCUT2D eigenvalue weighted by molar-refractivity contribution is 0.0448. The number of carbonyl (C=O) groups excluding carboxylic acids is 4. The maximum atomic E-state index is 14.7. The van der Waals surface area contributed by atoms with E-state index in [2.05, 4.69) is 65.0 Å². The smallest absolute Gasteiger partial charge is 0.275 e. The van der Waals surface area contributed by atoms with Crippen LogP contribution in [0.3, 0.4) is 0 Å². The Hall–Kier alpha value is -13.5. The summed E-state index contributed by atoms with van der Waals surface area (Å²) >= 11 is 0. The molecule has 12 atom stereocenters. The van der Waals surface area contributed by atoms with Crippen LogP contribution in [0, 0.1) is 87.4 Å². The van der Waals surface area contributed by atoms with Crippen LogP contribution in [0.4, 0.5) is 22.0 Å². The third-order valence-corrected chi connectivity index (χ3v) is 23.4. The molecule has 4 saturated heterocycles. The van der Waals surface area contributed by atoms with Gasteiger partial charge in [-0.25, -0.2) is 76.8 Å².